The predicted molar refractivity (Wildman–Crippen MR) is 217 cm³/mol. The minimum Gasteiger partial charge on any atom is -0.243 e. The van der Waals surface area contributed by atoms with Gasteiger partial charge in [0.2, 0.25) is 0 Å². The highest BCUT2D eigenvalue weighted by Crippen LogP contribution is 2.46. The van der Waals surface area contributed by atoms with Gasteiger partial charge in [0.25, 0.3) is 0 Å². The van der Waals surface area contributed by atoms with Crippen LogP contribution < -0.4 is 0 Å². The number of hydrogen-bond acceptors (Lipinski definition) is 4. The van der Waals surface area contributed by atoms with Crippen LogP contribution in [0.5, 0.6) is 0 Å². The van der Waals surface area contributed by atoms with Gasteiger partial charge in [0.1, 0.15) is 5.69 Å². The maximum atomic E-state index is 5.53. The van der Waals surface area contributed by atoms with Crippen molar-refractivity contribution in [2.45, 2.75) is 0 Å². The number of hydrogen-bond donors (Lipinski definition) is 0. The first-order valence-corrected chi connectivity index (χ1v) is 18.0. The average molecular weight is 666 g/mol. The van der Waals surface area contributed by atoms with Gasteiger partial charge in [0.15, 0.2) is 5.82 Å². The monoisotopic (exact) mass is 665 g/mol. The second-order valence-electron chi connectivity index (χ2n) is 13.1. The molecule has 0 N–H and O–H groups in total. The van der Waals surface area contributed by atoms with Gasteiger partial charge in [-0.25, -0.2) is 15.0 Å². The van der Waals surface area contributed by atoms with E-state index in [0.717, 1.165) is 49.5 Å². The zero-order valence-corrected chi connectivity index (χ0v) is 28.2. The highest BCUT2D eigenvalue weighted by molar-refractivity contribution is 7.27. The molecule has 0 radical (unpaired) electrons. The normalized spacial score (nSPS) is 11.9. The fraction of sp³-hybridized carbons (Fsp3) is 0. The Labute approximate surface area is 297 Å². The number of aromatic nitrogens is 3. The molecular formula is C47H27N3S. The Hall–Kier alpha value is -6.49. The van der Waals surface area contributed by atoms with E-state index in [1.165, 1.54) is 52.8 Å². The van der Waals surface area contributed by atoms with Crippen LogP contribution in [0.1, 0.15) is 0 Å². The van der Waals surface area contributed by atoms with Crippen LogP contribution in [0.4, 0.5) is 0 Å². The highest BCUT2D eigenvalue weighted by Gasteiger charge is 2.21. The average Bonchev–Trinajstić information content (AvgIpc) is 3.60. The first-order chi connectivity index (χ1) is 25.3. The molecule has 236 valence electrons. The molecule has 0 amide bonds. The van der Waals surface area contributed by atoms with Gasteiger partial charge in [-0.2, -0.15) is 0 Å². The van der Waals surface area contributed by atoms with E-state index in [2.05, 4.69) is 158 Å². The van der Waals surface area contributed by atoms with E-state index in [9.17, 15) is 0 Å². The largest absolute Gasteiger partial charge is 0.243 e. The second kappa shape index (κ2) is 11.0. The van der Waals surface area contributed by atoms with E-state index in [0.29, 0.717) is 5.82 Å². The lowest BCUT2D eigenvalue weighted by Gasteiger charge is -2.14. The van der Waals surface area contributed by atoms with Crippen molar-refractivity contribution in [2.75, 3.05) is 0 Å². The van der Waals surface area contributed by atoms with Gasteiger partial charge in [-0.15, -0.1) is 11.3 Å². The van der Waals surface area contributed by atoms with Crippen LogP contribution >= 0.6 is 11.3 Å². The van der Waals surface area contributed by atoms with Gasteiger partial charge in [0.05, 0.1) is 16.7 Å². The SMILES string of the molecule is c1ccc(-c2ccc3cc(-c4nc(-c5nc6c7ccccc7c7c8ccccc8sc7c6c6ccccc56)nc5ccccc45)ccc3c2)cc1. The molecule has 0 aliphatic heterocycles. The van der Waals surface area contributed by atoms with Crippen molar-refractivity contribution in [3.05, 3.63) is 164 Å². The van der Waals surface area contributed by atoms with Crippen LogP contribution in [-0.4, -0.2) is 15.0 Å². The smallest absolute Gasteiger partial charge is 0.179 e. The summed E-state index contributed by atoms with van der Waals surface area (Å²) in [5.41, 5.74) is 7.05. The second-order valence-corrected chi connectivity index (χ2v) is 14.2. The Bertz CT molecular complexity index is 3200. The van der Waals surface area contributed by atoms with Gasteiger partial charge in [-0.1, -0.05) is 140 Å². The van der Waals surface area contributed by atoms with Crippen LogP contribution in [0.2, 0.25) is 0 Å². The van der Waals surface area contributed by atoms with Gasteiger partial charge in [0, 0.05) is 47.3 Å². The number of fused-ring (bicyclic) bond motifs is 12. The Morgan fingerprint density at radius 2 is 0.980 bits per heavy atom. The molecule has 3 aromatic heterocycles. The standard InChI is InChI=1S/C47H27N3S/c1-2-12-28(13-3-1)29-22-23-31-27-32(25-24-30(31)26-29)43-37-18-8-10-20-39(37)48-47(50-43)45-36-17-7-5-15-34(36)42-44(49-45)35-16-6-4-14-33(35)41-38-19-9-11-21-40(38)51-46(41)42/h1-27H. The zero-order chi connectivity index (χ0) is 33.5. The molecule has 0 unspecified atom stereocenters. The highest BCUT2D eigenvalue weighted by atomic mass is 32.1. The van der Waals surface area contributed by atoms with Gasteiger partial charge >= 0.3 is 0 Å². The van der Waals surface area contributed by atoms with Crippen molar-refractivity contribution in [3.63, 3.8) is 0 Å². The summed E-state index contributed by atoms with van der Waals surface area (Å²) in [5.74, 6) is 0.627. The molecule has 0 bridgehead atoms. The van der Waals surface area contributed by atoms with E-state index in [1.807, 2.05) is 17.4 Å². The van der Waals surface area contributed by atoms with E-state index >= 15 is 0 Å². The maximum Gasteiger partial charge on any atom is 0.179 e. The number of nitrogens with zero attached hydrogens (tertiary/aromatic N) is 3. The van der Waals surface area contributed by atoms with E-state index in [-0.39, 0.29) is 0 Å². The van der Waals surface area contributed by atoms with Gasteiger partial charge < -0.3 is 0 Å². The fourth-order valence-electron chi connectivity index (χ4n) is 7.86. The predicted octanol–water partition coefficient (Wildman–Crippen LogP) is 13.0. The summed E-state index contributed by atoms with van der Waals surface area (Å²) in [4.78, 5) is 16.1. The summed E-state index contributed by atoms with van der Waals surface area (Å²) in [6.07, 6.45) is 0. The molecule has 0 saturated heterocycles. The molecule has 3 nitrogen and oxygen atoms in total. The van der Waals surface area contributed by atoms with Crippen LogP contribution in [-0.2, 0) is 0 Å². The lowest BCUT2D eigenvalue weighted by molar-refractivity contribution is 1.21. The molecule has 11 rings (SSSR count). The van der Waals surface area contributed by atoms with Crippen LogP contribution in [0.15, 0.2) is 164 Å². The summed E-state index contributed by atoms with van der Waals surface area (Å²) >= 11 is 1.85. The van der Waals surface area contributed by atoms with Crippen LogP contribution in [0.3, 0.4) is 0 Å². The summed E-state index contributed by atoms with van der Waals surface area (Å²) in [7, 11) is 0. The summed E-state index contributed by atoms with van der Waals surface area (Å²) in [5, 5.41) is 11.7. The topological polar surface area (TPSA) is 38.7 Å². The molecule has 0 atom stereocenters. The molecule has 0 aliphatic carbocycles. The van der Waals surface area contributed by atoms with Crippen molar-refractivity contribution in [3.8, 4) is 33.9 Å². The first kappa shape index (κ1) is 28.4. The minimum atomic E-state index is 0.627. The minimum absolute atomic E-state index is 0.627. The van der Waals surface area contributed by atoms with Crippen LogP contribution in [0, 0.1) is 0 Å². The third-order valence-electron chi connectivity index (χ3n) is 10.2. The van der Waals surface area contributed by atoms with E-state index < -0.39 is 0 Å². The lowest BCUT2D eigenvalue weighted by Crippen LogP contribution is -1.99. The lowest BCUT2D eigenvalue weighted by atomic mass is 9.96. The quantitative estimate of drug-likeness (QED) is 0.176. The summed E-state index contributed by atoms with van der Waals surface area (Å²) in [6, 6.07) is 58.2. The molecule has 4 heteroatoms. The van der Waals surface area contributed by atoms with Crippen molar-refractivity contribution < 1.29 is 0 Å². The number of para-hydroxylation sites is 1. The number of thiophene rings is 1. The van der Waals surface area contributed by atoms with Crippen molar-refractivity contribution in [1.29, 1.82) is 0 Å². The van der Waals surface area contributed by atoms with Crippen molar-refractivity contribution >= 4 is 85.6 Å². The third kappa shape index (κ3) is 4.33. The Balaban J connectivity index is 1.18. The Morgan fingerprint density at radius 1 is 0.373 bits per heavy atom. The maximum absolute atomic E-state index is 5.53. The molecule has 0 fully saturated rings. The molecule has 0 spiro atoms. The van der Waals surface area contributed by atoms with Crippen molar-refractivity contribution in [1.82, 2.24) is 15.0 Å². The van der Waals surface area contributed by atoms with Crippen molar-refractivity contribution in [2.24, 2.45) is 0 Å². The van der Waals surface area contributed by atoms with E-state index in [1.54, 1.807) is 0 Å². The summed E-state index contributed by atoms with van der Waals surface area (Å²) < 4.78 is 2.55. The zero-order valence-electron chi connectivity index (χ0n) is 27.3. The molecule has 8 aromatic carbocycles. The number of rotatable bonds is 3. The fourth-order valence-corrected chi connectivity index (χ4v) is 9.14. The first-order valence-electron chi connectivity index (χ1n) is 17.2. The van der Waals surface area contributed by atoms with Crippen LogP contribution in [0.25, 0.3) is 108 Å². The van der Waals surface area contributed by atoms with Gasteiger partial charge in [-0.05, 0) is 56.9 Å². The number of benzene rings is 8. The molecule has 51 heavy (non-hydrogen) atoms. The third-order valence-corrected chi connectivity index (χ3v) is 11.4. The molecule has 0 saturated carbocycles. The number of pyridine rings is 1. The summed E-state index contributed by atoms with van der Waals surface area (Å²) in [6.45, 7) is 0. The molecule has 3 heterocycles. The Kier molecular flexibility index (Phi) is 6.12. The molecule has 0 aliphatic rings. The molecular weight excluding hydrogens is 639 g/mol. The van der Waals surface area contributed by atoms with Gasteiger partial charge in [-0.3, -0.25) is 0 Å². The molecule has 11 aromatic rings. The van der Waals surface area contributed by atoms with E-state index in [4.69, 9.17) is 15.0 Å². The Morgan fingerprint density at radius 3 is 1.78 bits per heavy atom.